The number of carbonyl (C=O) groups excluding carboxylic acids is 1. The summed E-state index contributed by atoms with van der Waals surface area (Å²) >= 11 is 0. The highest BCUT2D eigenvalue weighted by Crippen LogP contribution is 2.27. The molecule has 6 nitrogen and oxygen atoms in total. The second-order valence-corrected chi connectivity index (χ2v) is 11.4. The van der Waals surface area contributed by atoms with Gasteiger partial charge in [0.1, 0.15) is 5.82 Å². The molecule has 0 bridgehead atoms. The number of hydrogen-bond acceptors (Lipinski definition) is 5. The van der Waals surface area contributed by atoms with Crippen LogP contribution in [0.2, 0.25) is 0 Å². The SMILES string of the molecule is CC(C)(C)c1ccc(C(=O)C[C@@H](Cc2ccc(-c3noc(-c4ccc(-c5cccc(F)c5)cc4)n3)cc2)C(=O)O)cc1. The summed E-state index contributed by atoms with van der Waals surface area (Å²) in [5.74, 6) is -1.60. The fourth-order valence-corrected chi connectivity index (χ4v) is 4.75. The molecule has 0 saturated carbocycles. The lowest BCUT2D eigenvalue weighted by Gasteiger charge is -2.19. The van der Waals surface area contributed by atoms with Crippen molar-refractivity contribution < 1.29 is 23.6 Å². The summed E-state index contributed by atoms with van der Waals surface area (Å²) in [5.41, 5.74) is 5.48. The normalized spacial score (nSPS) is 12.2. The molecule has 42 heavy (non-hydrogen) atoms. The number of rotatable bonds is 9. The maximum Gasteiger partial charge on any atom is 0.307 e. The van der Waals surface area contributed by atoms with Crippen LogP contribution >= 0.6 is 0 Å². The van der Waals surface area contributed by atoms with E-state index in [1.165, 1.54) is 12.1 Å². The Morgan fingerprint density at radius 1 is 0.833 bits per heavy atom. The monoisotopic (exact) mass is 562 g/mol. The summed E-state index contributed by atoms with van der Waals surface area (Å²) in [6.07, 6.45) is 0.134. The van der Waals surface area contributed by atoms with E-state index in [0.717, 1.165) is 27.8 Å². The molecule has 1 aromatic heterocycles. The van der Waals surface area contributed by atoms with Crippen molar-refractivity contribution in [2.75, 3.05) is 0 Å². The number of carbonyl (C=O) groups is 2. The van der Waals surface area contributed by atoms with Crippen molar-refractivity contribution in [1.82, 2.24) is 10.1 Å². The minimum atomic E-state index is -1.01. The standard InChI is InChI=1S/C35H31FN2O4/c1-35(2,3)29-17-15-24(16-18-29)31(39)21-28(34(40)41)19-22-7-9-25(10-8-22)32-37-33(42-38-32)26-13-11-23(12-14-26)27-5-4-6-30(36)20-27/h4-18,20,28H,19,21H2,1-3H3,(H,40,41)/t28-/m1/s1. The highest BCUT2D eigenvalue weighted by atomic mass is 19.1. The zero-order valence-corrected chi connectivity index (χ0v) is 23.7. The molecule has 0 aliphatic heterocycles. The van der Waals surface area contributed by atoms with Crippen LogP contribution in [0.5, 0.6) is 0 Å². The number of hydrogen-bond donors (Lipinski definition) is 1. The van der Waals surface area contributed by atoms with Gasteiger partial charge in [0.05, 0.1) is 5.92 Å². The topological polar surface area (TPSA) is 93.3 Å². The summed E-state index contributed by atoms with van der Waals surface area (Å²) in [6.45, 7) is 6.30. The first-order valence-electron chi connectivity index (χ1n) is 13.7. The molecule has 1 heterocycles. The van der Waals surface area contributed by atoms with E-state index in [4.69, 9.17) is 4.52 Å². The molecular weight excluding hydrogens is 531 g/mol. The van der Waals surface area contributed by atoms with E-state index in [9.17, 15) is 19.1 Å². The second kappa shape index (κ2) is 11.9. The smallest absolute Gasteiger partial charge is 0.307 e. The number of halogens is 1. The molecule has 5 rings (SSSR count). The number of aliphatic carboxylic acids is 1. The molecule has 1 atom stereocenters. The van der Waals surface area contributed by atoms with Crippen LogP contribution in [0.4, 0.5) is 4.39 Å². The van der Waals surface area contributed by atoms with Gasteiger partial charge in [-0.15, -0.1) is 0 Å². The van der Waals surface area contributed by atoms with Crippen molar-refractivity contribution in [3.05, 3.63) is 120 Å². The van der Waals surface area contributed by atoms with E-state index >= 15 is 0 Å². The van der Waals surface area contributed by atoms with Gasteiger partial charge in [0.2, 0.25) is 5.82 Å². The Bertz CT molecular complexity index is 1700. The second-order valence-electron chi connectivity index (χ2n) is 11.4. The van der Waals surface area contributed by atoms with E-state index in [2.05, 4.69) is 30.9 Å². The minimum absolute atomic E-state index is 0.0304. The van der Waals surface area contributed by atoms with E-state index in [1.807, 2.05) is 66.7 Å². The quantitative estimate of drug-likeness (QED) is 0.183. The fraction of sp³-hybridized carbons (Fsp3) is 0.200. The lowest BCUT2D eigenvalue weighted by molar-refractivity contribution is -0.141. The van der Waals surface area contributed by atoms with Gasteiger partial charge in [-0.05, 0) is 58.4 Å². The fourth-order valence-electron chi connectivity index (χ4n) is 4.75. The Hall–Kier alpha value is -4.91. The molecular formula is C35H31FN2O4. The van der Waals surface area contributed by atoms with Crippen molar-refractivity contribution in [2.45, 2.75) is 39.0 Å². The third-order valence-corrected chi connectivity index (χ3v) is 7.26. The van der Waals surface area contributed by atoms with Crippen molar-refractivity contribution in [1.29, 1.82) is 0 Å². The molecule has 1 N–H and O–H groups in total. The molecule has 0 fully saturated rings. The summed E-state index contributed by atoms with van der Waals surface area (Å²) in [7, 11) is 0. The van der Waals surface area contributed by atoms with Crippen LogP contribution in [-0.2, 0) is 16.6 Å². The number of ketones is 1. The summed E-state index contributed by atoms with van der Waals surface area (Å²) < 4.78 is 19.0. The van der Waals surface area contributed by atoms with Crippen LogP contribution in [0.1, 0.15) is 48.7 Å². The Balaban J connectivity index is 1.24. The lowest BCUT2D eigenvalue weighted by atomic mass is 9.86. The highest BCUT2D eigenvalue weighted by Gasteiger charge is 2.23. The lowest BCUT2D eigenvalue weighted by Crippen LogP contribution is -2.20. The van der Waals surface area contributed by atoms with Gasteiger partial charge in [-0.25, -0.2) is 4.39 Å². The van der Waals surface area contributed by atoms with Gasteiger partial charge >= 0.3 is 5.97 Å². The Labute approximate surface area is 243 Å². The van der Waals surface area contributed by atoms with E-state index in [1.54, 1.807) is 18.2 Å². The summed E-state index contributed by atoms with van der Waals surface area (Å²) in [5, 5.41) is 13.9. The first kappa shape index (κ1) is 28.6. The van der Waals surface area contributed by atoms with Gasteiger partial charge in [0.15, 0.2) is 5.78 Å². The van der Waals surface area contributed by atoms with Gasteiger partial charge < -0.3 is 9.63 Å². The van der Waals surface area contributed by atoms with Gasteiger partial charge in [0, 0.05) is 23.1 Å². The molecule has 0 spiro atoms. The third kappa shape index (κ3) is 6.69. The number of aromatic nitrogens is 2. The molecule has 0 saturated heterocycles. The maximum absolute atomic E-state index is 13.6. The number of carboxylic acids is 1. The average molecular weight is 563 g/mol. The molecule has 0 unspecified atom stereocenters. The van der Waals surface area contributed by atoms with E-state index in [-0.39, 0.29) is 29.9 Å². The number of nitrogens with zero attached hydrogens (tertiary/aromatic N) is 2. The number of carboxylic acid groups (broad SMARTS) is 1. The van der Waals surface area contributed by atoms with Gasteiger partial charge in [-0.1, -0.05) is 98.7 Å². The van der Waals surface area contributed by atoms with Gasteiger partial charge in [0.25, 0.3) is 5.89 Å². The number of Topliss-reactive ketones (excluding diaryl/α,β-unsaturated/α-hetero) is 1. The molecule has 0 aliphatic rings. The van der Waals surface area contributed by atoms with Crippen LogP contribution in [-0.4, -0.2) is 27.0 Å². The van der Waals surface area contributed by atoms with Crippen LogP contribution < -0.4 is 0 Å². The van der Waals surface area contributed by atoms with Crippen molar-refractivity contribution >= 4 is 11.8 Å². The van der Waals surface area contributed by atoms with E-state index < -0.39 is 11.9 Å². The van der Waals surface area contributed by atoms with Crippen LogP contribution in [0, 0.1) is 11.7 Å². The molecule has 7 heteroatoms. The van der Waals surface area contributed by atoms with Gasteiger partial charge in [-0.3, -0.25) is 9.59 Å². The predicted octanol–water partition coefficient (Wildman–Crippen LogP) is 8.02. The third-order valence-electron chi connectivity index (χ3n) is 7.26. The van der Waals surface area contributed by atoms with Crippen LogP contribution in [0.3, 0.4) is 0 Å². The van der Waals surface area contributed by atoms with Crippen LogP contribution in [0.25, 0.3) is 34.0 Å². The van der Waals surface area contributed by atoms with Crippen molar-refractivity contribution in [3.63, 3.8) is 0 Å². The first-order chi connectivity index (χ1) is 20.1. The van der Waals surface area contributed by atoms with Crippen LogP contribution in [0.15, 0.2) is 102 Å². The maximum atomic E-state index is 13.6. The Morgan fingerprint density at radius 2 is 1.48 bits per heavy atom. The predicted molar refractivity (Wildman–Crippen MR) is 159 cm³/mol. The van der Waals surface area contributed by atoms with Crippen molar-refractivity contribution in [2.24, 2.45) is 5.92 Å². The highest BCUT2D eigenvalue weighted by molar-refractivity contribution is 5.98. The largest absolute Gasteiger partial charge is 0.481 e. The molecule has 212 valence electrons. The number of benzene rings is 4. The van der Waals surface area contributed by atoms with E-state index in [0.29, 0.717) is 22.8 Å². The Morgan fingerprint density at radius 3 is 2.10 bits per heavy atom. The summed E-state index contributed by atoms with van der Waals surface area (Å²) in [4.78, 5) is 29.4. The van der Waals surface area contributed by atoms with Crippen molar-refractivity contribution in [3.8, 4) is 34.0 Å². The summed E-state index contributed by atoms with van der Waals surface area (Å²) in [6, 6.07) is 28.5. The zero-order valence-electron chi connectivity index (χ0n) is 23.7. The minimum Gasteiger partial charge on any atom is -0.481 e. The molecule has 5 aromatic rings. The molecule has 4 aromatic carbocycles. The molecule has 0 amide bonds. The first-order valence-corrected chi connectivity index (χ1v) is 13.7. The Kier molecular flexibility index (Phi) is 8.11. The molecule has 0 aliphatic carbocycles. The average Bonchev–Trinajstić information content (AvgIpc) is 3.47. The zero-order chi connectivity index (χ0) is 29.9. The van der Waals surface area contributed by atoms with Gasteiger partial charge in [-0.2, -0.15) is 4.98 Å². The molecule has 0 radical (unpaired) electrons.